The molecular weight excluding hydrogens is 505 g/mol. The molecule has 0 spiro atoms. The largest absolute Gasteiger partial charge is 0.491 e. The van der Waals surface area contributed by atoms with E-state index in [1.807, 2.05) is 48.5 Å². The molecular formula is C29H28FN3O4S. The van der Waals surface area contributed by atoms with Gasteiger partial charge in [-0.25, -0.2) is 12.8 Å². The fraction of sp³-hybridized carbons (Fsp3) is 0.241. The maximum atomic E-state index is 15.2. The molecule has 7 nitrogen and oxygen atoms in total. The van der Waals surface area contributed by atoms with Crippen molar-refractivity contribution in [2.75, 3.05) is 18.9 Å². The maximum absolute atomic E-state index is 15.2. The Kier molecular flexibility index (Phi) is 7.03. The van der Waals surface area contributed by atoms with Gasteiger partial charge in [0.2, 0.25) is 0 Å². The second kappa shape index (κ2) is 10.4. The third kappa shape index (κ3) is 4.81. The number of rotatable bonds is 6. The van der Waals surface area contributed by atoms with Crippen LogP contribution in [0, 0.1) is 5.82 Å². The number of nitrogens with zero attached hydrogens (tertiary/aromatic N) is 2. The highest BCUT2D eigenvalue weighted by Crippen LogP contribution is 2.32. The van der Waals surface area contributed by atoms with Gasteiger partial charge in [0.15, 0.2) is 9.84 Å². The van der Waals surface area contributed by atoms with Crippen LogP contribution in [-0.2, 0) is 22.8 Å². The van der Waals surface area contributed by atoms with E-state index in [1.54, 1.807) is 18.0 Å². The highest BCUT2D eigenvalue weighted by atomic mass is 32.2. The van der Waals surface area contributed by atoms with Crippen LogP contribution in [0.2, 0.25) is 0 Å². The number of amides is 1. The third-order valence-corrected chi connectivity index (χ3v) is 8.61. The summed E-state index contributed by atoms with van der Waals surface area (Å²) in [6.07, 6.45) is 1.90. The number of halogens is 1. The van der Waals surface area contributed by atoms with Gasteiger partial charge in [0, 0.05) is 29.4 Å². The molecule has 3 aromatic carbocycles. The summed E-state index contributed by atoms with van der Waals surface area (Å²) < 4.78 is 45.8. The van der Waals surface area contributed by atoms with Crippen molar-refractivity contribution in [3.63, 3.8) is 0 Å². The van der Waals surface area contributed by atoms with Crippen molar-refractivity contribution in [1.29, 1.82) is 0 Å². The van der Waals surface area contributed by atoms with E-state index in [4.69, 9.17) is 4.74 Å². The summed E-state index contributed by atoms with van der Waals surface area (Å²) in [6, 6.07) is 18.5. The zero-order chi connectivity index (χ0) is 26.9. The summed E-state index contributed by atoms with van der Waals surface area (Å²) >= 11 is 0. The van der Waals surface area contributed by atoms with Crippen LogP contribution < -0.4 is 4.74 Å². The Bertz CT molecular complexity index is 1580. The number of hydrogen-bond acceptors (Lipinski definition) is 5. The van der Waals surface area contributed by atoms with Crippen LogP contribution in [-0.4, -0.2) is 48.3 Å². The Morgan fingerprint density at radius 3 is 2.45 bits per heavy atom. The summed E-state index contributed by atoms with van der Waals surface area (Å²) in [7, 11) is -3.75. The van der Waals surface area contributed by atoms with Gasteiger partial charge >= 0.3 is 0 Å². The summed E-state index contributed by atoms with van der Waals surface area (Å²) in [4.78, 5) is 14.8. The number of sulfone groups is 1. The molecule has 1 aromatic heterocycles. The average Bonchev–Trinajstić information content (AvgIpc) is 3.39. The number of hydrogen-bond donors (Lipinski definition) is 1. The first-order valence-corrected chi connectivity index (χ1v) is 14.2. The minimum Gasteiger partial charge on any atom is -0.491 e. The van der Waals surface area contributed by atoms with Crippen molar-refractivity contribution in [2.24, 2.45) is 0 Å². The molecule has 9 heteroatoms. The Morgan fingerprint density at radius 1 is 1.03 bits per heavy atom. The lowest BCUT2D eigenvalue weighted by Gasteiger charge is -2.22. The van der Waals surface area contributed by atoms with Gasteiger partial charge in [-0.05, 0) is 53.4 Å². The first-order chi connectivity index (χ1) is 18.3. The molecule has 0 unspecified atom stereocenters. The van der Waals surface area contributed by atoms with Crippen molar-refractivity contribution in [3.05, 3.63) is 89.4 Å². The fourth-order valence-corrected chi connectivity index (χ4v) is 5.70. The van der Waals surface area contributed by atoms with Crippen LogP contribution in [0.5, 0.6) is 5.75 Å². The summed E-state index contributed by atoms with van der Waals surface area (Å²) in [5, 5.41) is 6.95. The zero-order valence-corrected chi connectivity index (χ0v) is 22.0. The number of ether oxygens (including phenoxy) is 1. The van der Waals surface area contributed by atoms with Crippen LogP contribution in [0.25, 0.3) is 22.4 Å². The zero-order valence-electron chi connectivity index (χ0n) is 21.2. The van der Waals surface area contributed by atoms with E-state index in [0.717, 1.165) is 27.9 Å². The van der Waals surface area contributed by atoms with E-state index in [2.05, 4.69) is 10.2 Å². The molecule has 1 amide bonds. The number of H-pyrrole nitrogens is 1. The summed E-state index contributed by atoms with van der Waals surface area (Å²) in [6.45, 7) is 4.08. The standard InChI is InChI=1S/C29H28FN3O4S/c1-3-23-24(10-12-27(28(23)30)38(35,36)4-2)29(34)33-15-16-37-26-11-9-21(17-22(26)18-33)19-5-7-20(8-6-19)25-13-14-31-32-25/h5-14,17H,3-4,15-16,18H2,1-2H3,(H,31,32). The quantitative estimate of drug-likeness (QED) is 0.364. The molecule has 0 saturated heterocycles. The predicted octanol–water partition coefficient (Wildman–Crippen LogP) is 5.27. The molecule has 1 N–H and O–H groups in total. The van der Waals surface area contributed by atoms with Crippen LogP contribution in [0.1, 0.15) is 35.3 Å². The predicted molar refractivity (Wildman–Crippen MR) is 143 cm³/mol. The molecule has 1 aliphatic heterocycles. The van der Waals surface area contributed by atoms with E-state index in [-0.39, 0.29) is 40.6 Å². The molecule has 38 heavy (non-hydrogen) atoms. The SMILES string of the molecule is CCc1c(C(=O)N2CCOc3ccc(-c4ccc(-c5ccn[nH]5)cc4)cc3C2)ccc(S(=O)(=O)CC)c1F. The monoisotopic (exact) mass is 533 g/mol. The van der Waals surface area contributed by atoms with Gasteiger partial charge < -0.3 is 9.64 Å². The first-order valence-electron chi connectivity index (χ1n) is 12.5. The van der Waals surface area contributed by atoms with Gasteiger partial charge in [-0.3, -0.25) is 9.89 Å². The molecule has 196 valence electrons. The van der Waals surface area contributed by atoms with Crippen LogP contribution in [0.3, 0.4) is 0 Å². The molecule has 0 fully saturated rings. The van der Waals surface area contributed by atoms with Gasteiger partial charge in [0.1, 0.15) is 23.1 Å². The molecule has 0 radical (unpaired) electrons. The molecule has 0 atom stereocenters. The van der Waals surface area contributed by atoms with Gasteiger partial charge in [0.05, 0.1) is 18.0 Å². The van der Waals surface area contributed by atoms with Gasteiger partial charge in [-0.15, -0.1) is 0 Å². The Morgan fingerprint density at radius 2 is 1.76 bits per heavy atom. The number of benzene rings is 3. The molecule has 4 aromatic rings. The number of carbonyl (C=O) groups excluding carboxylic acids is 1. The molecule has 1 aliphatic rings. The minimum absolute atomic E-state index is 0.112. The summed E-state index contributed by atoms with van der Waals surface area (Å²) in [5.41, 5.74) is 5.08. The third-order valence-electron chi connectivity index (χ3n) is 6.86. The summed E-state index contributed by atoms with van der Waals surface area (Å²) in [5.74, 6) is -0.710. The second-order valence-corrected chi connectivity index (χ2v) is 11.4. The van der Waals surface area contributed by atoms with E-state index in [0.29, 0.717) is 18.9 Å². The van der Waals surface area contributed by atoms with E-state index in [1.165, 1.54) is 19.1 Å². The molecule has 2 heterocycles. The van der Waals surface area contributed by atoms with Crippen LogP contribution >= 0.6 is 0 Å². The lowest BCUT2D eigenvalue weighted by Crippen LogP contribution is -2.33. The molecule has 0 saturated carbocycles. The maximum Gasteiger partial charge on any atom is 0.254 e. The van der Waals surface area contributed by atoms with Crippen LogP contribution in [0.15, 0.2) is 71.8 Å². The first kappa shape index (κ1) is 25.7. The highest BCUT2D eigenvalue weighted by Gasteiger charge is 2.27. The second-order valence-electron chi connectivity index (χ2n) is 9.11. The normalized spacial score (nSPS) is 13.5. The number of aromatic amines is 1. The van der Waals surface area contributed by atoms with Gasteiger partial charge in [0.25, 0.3) is 5.91 Å². The Balaban J connectivity index is 1.43. The topological polar surface area (TPSA) is 92.4 Å². The van der Waals surface area contributed by atoms with E-state index >= 15 is 4.39 Å². The fourth-order valence-electron chi connectivity index (χ4n) is 4.72. The van der Waals surface area contributed by atoms with Gasteiger partial charge in [-0.1, -0.05) is 44.2 Å². The lowest BCUT2D eigenvalue weighted by molar-refractivity contribution is 0.0731. The number of carbonyl (C=O) groups is 1. The van der Waals surface area contributed by atoms with E-state index < -0.39 is 15.7 Å². The number of nitrogens with one attached hydrogen (secondary N) is 1. The highest BCUT2D eigenvalue weighted by molar-refractivity contribution is 7.91. The average molecular weight is 534 g/mol. The molecule has 5 rings (SSSR count). The molecule has 0 aliphatic carbocycles. The van der Waals surface area contributed by atoms with Crippen LogP contribution in [0.4, 0.5) is 4.39 Å². The van der Waals surface area contributed by atoms with Crippen molar-refractivity contribution >= 4 is 15.7 Å². The molecule has 0 bridgehead atoms. The lowest BCUT2D eigenvalue weighted by atomic mass is 9.99. The van der Waals surface area contributed by atoms with Gasteiger partial charge in [-0.2, -0.15) is 5.10 Å². The Hall–Kier alpha value is -3.98. The van der Waals surface area contributed by atoms with E-state index in [9.17, 15) is 13.2 Å². The minimum atomic E-state index is -3.75. The number of aromatic nitrogens is 2. The smallest absolute Gasteiger partial charge is 0.254 e. The van der Waals surface area contributed by atoms with Crippen molar-refractivity contribution < 1.29 is 22.3 Å². The van der Waals surface area contributed by atoms with Crippen molar-refractivity contribution in [3.8, 4) is 28.1 Å². The van der Waals surface area contributed by atoms with Crippen molar-refractivity contribution in [2.45, 2.75) is 31.7 Å². The Labute approximate surface area is 221 Å². The van der Waals surface area contributed by atoms with Crippen molar-refractivity contribution in [1.82, 2.24) is 15.1 Å². The number of fused-ring (bicyclic) bond motifs is 1.